The molecule has 50 heavy (non-hydrogen) atoms. The van der Waals surface area contributed by atoms with E-state index in [0.29, 0.717) is 12.8 Å². The highest BCUT2D eigenvalue weighted by Gasteiger charge is 2.51. The van der Waals surface area contributed by atoms with E-state index in [1.807, 2.05) is 0 Å². The molecule has 0 saturated carbocycles. The molecule has 0 fully saturated rings. The first-order valence-corrected chi connectivity index (χ1v) is 21.7. The molecule has 0 aliphatic heterocycles. The van der Waals surface area contributed by atoms with Gasteiger partial charge in [-0.1, -0.05) is 141 Å². The van der Waals surface area contributed by atoms with E-state index in [1.165, 1.54) is 77.0 Å². The second-order valence-corrected chi connectivity index (χ2v) is 15.6. The minimum Gasteiger partial charge on any atom is -0.462 e. The van der Waals surface area contributed by atoms with Crippen LogP contribution in [0.2, 0.25) is 0 Å². The second-order valence-electron chi connectivity index (χ2n) is 13.9. The van der Waals surface area contributed by atoms with Gasteiger partial charge in [0.2, 0.25) is 0 Å². The fraction of sp³-hybridized carbons (Fsp3) is 0.850. The molecule has 10 heteroatoms. The SMILES string of the molecule is CCCCCCCC/C=C\CCCCCCCC(=O)OC[C@H](CC(F)(F)P(=O)(O)O)OC(=O)CCCCCCC/C=C\CCCCCCCC. The third kappa shape index (κ3) is 31.2. The van der Waals surface area contributed by atoms with E-state index < -0.39 is 44.3 Å². The summed E-state index contributed by atoms with van der Waals surface area (Å²) in [6, 6.07) is 0. The number of carbonyl (C=O) groups is 2. The highest BCUT2D eigenvalue weighted by molar-refractivity contribution is 7.53. The Labute approximate surface area is 304 Å². The minimum atomic E-state index is -5.79. The minimum absolute atomic E-state index is 0.000988. The van der Waals surface area contributed by atoms with Crippen molar-refractivity contribution in [3.63, 3.8) is 0 Å². The van der Waals surface area contributed by atoms with Gasteiger partial charge in [0.1, 0.15) is 12.7 Å². The molecule has 0 aromatic rings. The molecule has 0 spiro atoms. The Morgan fingerprint density at radius 2 is 0.920 bits per heavy atom. The molecule has 0 saturated heterocycles. The zero-order valence-electron chi connectivity index (χ0n) is 31.7. The smallest absolute Gasteiger partial charge is 0.394 e. The van der Waals surface area contributed by atoms with E-state index in [-0.39, 0.29) is 12.8 Å². The molecule has 0 aliphatic rings. The number of halogens is 2. The van der Waals surface area contributed by atoms with E-state index in [0.717, 1.165) is 77.0 Å². The Morgan fingerprint density at radius 3 is 1.30 bits per heavy atom. The summed E-state index contributed by atoms with van der Waals surface area (Å²) < 4.78 is 49.8. The van der Waals surface area contributed by atoms with Gasteiger partial charge in [-0.15, -0.1) is 0 Å². The van der Waals surface area contributed by atoms with Crippen molar-refractivity contribution >= 4 is 19.5 Å². The lowest BCUT2D eigenvalue weighted by atomic mass is 10.1. The van der Waals surface area contributed by atoms with Gasteiger partial charge in [0.25, 0.3) is 0 Å². The highest BCUT2D eigenvalue weighted by atomic mass is 31.2. The van der Waals surface area contributed by atoms with E-state index in [2.05, 4.69) is 38.2 Å². The van der Waals surface area contributed by atoms with Crippen LogP contribution in [-0.2, 0) is 23.6 Å². The lowest BCUT2D eigenvalue weighted by Gasteiger charge is -2.24. The summed E-state index contributed by atoms with van der Waals surface area (Å²) in [5.41, 5.74) is -4.41. The van der Waals surface area contributed by atoms with Crippen molar-refractivity contribution in [2.45, 2.75) is 212 Å². The van der Waals surface area contributed by atoms with E-state index in [1.54, 1.807) is 0 Å². The maximum atomic E-state index is 14.2. The predicted molar refractivity (Wildman–Crippen MR) is 201 cm³/mol. The van der Waals surface area contributed by atoms with Crippen LogP contribution >= 0.6 is 7.60 Å². The van der Waals surface area contributed by atoms with Crippen LogP contribution in [0.5, 0.6) is 0 Å². The molecule has 0 amide bonds. The zero-order chi connectivity index (χ0) is 37.2. The van der Waals surface area contributed by atoms with Crippen LogP contribution in [0.4, 0.5) is 8.78 Å². The Balaban J connectivity index is 4.20. The molecule has 294 valence electrons. The van der Waals surface area contributed by atoms with Gasteiger partial charge in [0.05, 0.1) is 6.42 Å². The van der Waals surface area contributed by atoms with Crippen molar-refractivity contribution < 1.29 is 42.2 Å². The number of hydrogen-bond donors (Lipinski definition) is 2. The standard InChI is InChI=1S/C40H73F2O7P/c1-3-5-7-9-11-13-15-17-19-21-23-25-27-29-31-33-38(43)48-36-37(35-40(41,42)50(45,46)47)49-39(44)34-32-30-28-26-24-22-20-18-16-14-12-10-8-6-4-2/h17-20,37H,3-16,21-36H2,1-2H3,(H2,45,46,47)/b19-17-,20-18-/t37-/m0/s1. The Morgan fingerprint density at radius 1 is 0.580 bits per heavy atom. The summed E-state index contributed by atoms with van der Waals surface area (Å²) in [6.45, 7) is 3.78. The van der Waals surface area contributed by atoms with Gasteiger partial charge >= 0.3 is 25.2 Å². The number of allylic oxidation sites excluding steroid dienone is 4. The Bertz CT molecular complexity index is 919. The fourth-order valence-electron chi connectivity index (χ4n) is 5.71. The molecule has 0 aromatic heterocycles. The summed E-state index contributed by atoms with van der Waals surface area (Å²) in [6.07, 6.45) is 34.9. The summed E-state index contributed by atoms with van der Waals surface area (Å²) in [5, 5.41) is 0. The molecule has 0 aliphatic carbocycles. The van der Waals surface area contributed by atoms with Gasteiger partial charge in [-0.3, -0.25) is 14.2 Å². The number of esters is 2. The zero-order valence-corrected chi connectivity index (χ0v) is 32.6. The molecule has 1 atom stereocenters. The topological polar surface area (TPSA) is 110 Å². The van der Waals surface area contributed by atoms with Gasteiger partial charge in [-0.2, -0.15) is 8.78 Å². The number of unbranched alkanes of at least 4 members (excludes halogenated alkanes) is 22. The van der Waals surface area contributed by atoms with Crippen LogP contribution in [0.15, 0.2) is 24.3 Å². The maximum absolute atomic E-state index is 14.2. The van der Waals surface area contributed by atoms with E-state index in [4.69, 9.17) is 19.3 Å². The van der Waals surface area contributed by atoms with Crippen LogP contribution in [0.1, 0.15) is 200 Å². The van der Waals surface area contributed by atoms with Gasteiger partial charge < -0.3 is 19.3 Å². The molecular weight excluding hydrogens is 661 g/mol. The van der Waals surface area contributed by atoms with Gasteiger partial charge in [-0.25, -0.2) is 0 Å². The summed E-state index contributed by atoms with van der Waals surface area (Å²) in [5.74, 6) is -1.36. The largest absolute Gasteiger partial charge is 0.462 e. The molecule has 2 N–H and O–H groups in total. The van der Waals surface area contributed by atoms with Crippen molar-refractivity contribution in [1.29, 1.82) is 0 Å². The Hall–Kier alpha value is -1.57. The number of ether oxygens (including phenoxy) is 2. The normalized spacial score (nSPS) is 13.0. The first-order chi connectivity index (χ1) is 24.0. The Kier molecular flexibility index (Phi) is 32.2. The molecule has 0 rings (SSSR count). The van der Waals surface area contributed by atoms with Crippen molar-refractivity contribution in [1.82, 2.24) is 0 Å². The van der Waals surface area contributed by atoms with Crippen LogP contribution in [0.3, 0.4) is 0 Å². The van der Waals surface area contributed by atoms with Crippen LogP contribution < -0.4 is 0 Å². The third-order valence-electron chi connectivity index (χ3n) is 8.91. The van der Waals surface area contributed by atoms with Gasteiger partial charge in [-0.05, 0) is 64.2 Å². The molecule has 0 heterocycles. The van der Waals surface area contributed by atoms with Crippen molar-refractivity contribution in [3.05, 3.63) is 24.3 Å². The first kappa shape index (κ1) is 48.4. The van der Waals surface area contributed by atoms with Gasteiger partial charge in [0.15, 0.2) is 0 Å². The second kappa shape index (κ2) is 33.3. The number of rotatable bonds is 36. The van der Waals surface area contributed by atoms with Crippen LogP contribution in [0, 0.1) is 0 Å². The summed E-state index contributed by atoms with van der Waals surface area (Å²) >= 11 is 0. The molecule has 0 bridgehead atoms. The average Bonchev–Trinajstić information content (AvgIpc) is 3.06. The lowest BCUT2D eigenvalue weighted by Crippen LogP contribution is -2.32. The molecule has 0 aromatic carbocycles. The maximum Gasteiger partial charge on any atom is 0.394 e. The monoisotopic (exact) mass is 735 g/mol. The lowest BCUT2D eigenvalue weighted by molar-refractivity contribution is -0.162. The fourth-order valence-corrected chi connectivity index (χ4v) is 6.15. The van der Waals surface area contributed by atoms with Crippen molar-refractivity contribution in [3.8, 4) is 0 Å². The molecule has 0 unspecified atom stereocenters. The van der Waals surface area contributed by atoms with Crippen LogP contribution in [0.25, 0.3) is 0 Å². The first-order valence-electron chi connectivity index (χ1n) is 20.1. The predicted octanol–water partition coefficient (Wildman–Crippen LogP) is 12.7. The number of carbonyl (C=O) groups excluding carboxylic acids is 2. The quantitative estimate of drug-likeness (QED) is 0.0285. The highest BCUT2D eigenvalue weighted by Crippen LogP contribution is 2.55. The van der Waals surface area contributed by atoms with Crippen LogP contribution in [-0.4, -0.2) is 40.1 Å². The molecular formula is C40H73F2O7P. The van der Waals surface area contributed by atoms with E-state index >= 15 is 0 Å². The van der Waals surface area contributed by atoms with Crippen molar-refractivity contribution in [2.24, 2.45) is 0 Å². The average molecular weight is 735 g/mol. The molecule has 0 radical (unpaired) electrons. The molecule has 7 nitrogen and oxygen atoms in total. The van der Waals surface area contributed by atoms with E-state index in [9.17, 15) is 22.9 Å². The number of hydrogen-bond acceptors (Lipinski definition) is 5. The number of alkyl halides is 2. The van der Waals surface area contributed by atoms with Crippen molar-refractivity contribution in [2.75, 3.05) is 6.61 Å². The summed E-state index contributed by atoms with van der Waals surface area (Å²) in [4.78, 5) is 42.8. The third-order valence-corrected chi connectivity index (χ3v) is 9.95. The van der Waals surface area contributed by atoms with Gasteiger partial charge in [0, 0.05) is 12.8 Å². The summed E-state index contributed by atoms with van der Waals surface area (Å²) in [7, 11) is -5.79.